The second-order valence-corrected chi connectivity index (χ2v) is 5.01. The molecular weight excluding hydrogens is 282 g/mol. The van der Waals surface area contributed by atoms with Crippen molar-refractivity contribution in [2.24, 2.45) is 0 Å². The fourth-order valence-electron chi connectivity index (χ4n) is 1.81. The van der Waals surface area contributed by atoms with Crippen molar-refractivity contribution in [3.05, 3.63) is 16.2 Å². The number of non-ortho nitro benzene ring substituents is 1. The average molecular weight is 297 g/mol. The summed E-state index contributed by atoms with van der Waals surface area (Å²) in [5.74, 6) is 0.799. The van der Waals surface area contributed by atoms with Gasteiger partial charge >= 0.3 is 0 Å². The summed E-state index contributed by atoms with van der Waals surface area (Å²) >= 11 is 1.32. The molecule has 0 radical (unpaired) electrons. The number of anilines is 1. The number of ether oxygens (including phenoxy) is 2. The van der Waals surface area contributed by atoms with E-state index in [2.05, 4.69) is 10.3 Å². The number of nitrogens with one attached hydrogen (secondary N) is 1. The van der Waals surface area contributed by atoms with Crippen LogP contribution in [-0.4, -0.2) is 30.7 Å². The standard InChI is InChI=1S/C12H15N3O4S/c1-4-5-13-12-14-9-7(15(16)17)6-8(18-2)10(19-3)11(9)20-12/h6H,4-5H2,1-3H3,(H,13,14). The van der Waals surface area contributed by atoms with E-state index in [0.717, 1.165) is 13.0 Å². The molecule has 1 aromatic heterocycles. The van der Waals surface area contributed by atoms with Crippen LogP contribution in [0.1, 0.15) is 13.3 Å². The normalized spacial score (nSPS) is 10.6. The number of hydrogen-bond donors (Lipinski definition) is 1. The van der Waals surface area contributed by atoms with Crippen molar-refractivity contribution in [1.82, 2.24) is 4.98 Å². The number of benzene rings is 1. The zero-order valence-electron chi connectivity index (χ0n) is 11.4. The Kier molecular flexibility index (Phi) is 4.23. The molecule has 0 bridgehead atoms. The molecule has 0 unspecified atom stereocenters. The van der Waals surface area contributed by atoms with Crippen LogP contribution in [0, 0.1) is 10.1 Å². The number of nitrogens with zero attached hydrogens (tertiary/aromatic N) is 2. The molecule has 1 aromatic carbocycles. The molecule has 108 valence electrons. The molecule has 0 saturated heterocycles. The van der Waals surface area contributed by atoms with Gasteiger partial charge in [0.15, 0.2) is 22.1 Å². The highest BCUT2D eigenvalue weighted by atomic mass is 32.1. The molecule has 8 heteroatoms. The van der Waals surface area contributed by atoms with E-state index in [1.54, 1.807) is 0 Å². The minimum atomic E-state index is -0.465. The fourth-order valence-corrected chi connectivity index (χ4v) is 2.84. The number of hydrogen-bond acceptors (Lipinski definition) is 7. The second-order valence-electron chi connectivity index (χ2n) is 4.01. The molecule has 7 nitrogen and oxygen atoms in total. The van der Waals surface area contributed by atoms with Gasteiger partial charge in [0.2, 0.25) is 0 Å². The molecular formula is C12H15N3O4S. The summed E-state index contributed by atoms with van der Waals surface area (Å²) in [7, 11) is 2.95. The number of methoxy groups -OCH3 is 2. The molecule has 2 rings (SSSR count). The lowest BCUT2D eigenvalue weighted by Crippen LogP contribution is -1.98. The van der Waals surface area contributed by atoms with Crippen molar-refractivity contribution in [1.29, 1.82) is 0 Å². The topological polar surface area (TPSA) is 86.5 Å². The Morgan fingerprint density at radius 3 is 2.75 bits per heavy atom. The second kappa shape index (κ2) is 5.91. The molecule has 0 fully saturated rings. The number of thiazole rings is 1. The number of nitro benzene ring substituents is 1. The van der Waals surface area contributed by atoms with Gasteiger partial charge in [0.25, 0.3) is 5.69 Å². The first kappa shape index (κ1) is 14.3. The lowest BCUT2D eigenvalue weighted by molar-refractivity contribution is -0.383. The van der Waals surface area contributed by atoms with Crippen LogP contribution in [0.25, 0.3) is 10.2 Å². The van der Waals surface area contributed by atoms with Gasteiger partial charge in [-0.15, -0.1) is 0 Å². The SMILES string of the molecule is CCCNc1nc2c([N+](=O)[O-])cc(OC)c(OC)c2s1. The van der Waals surface area contributed by atoms with Crippen molar-refractivity contribution < 1.29 is 14.4 Å². The van der Waals surface area contributed by atoms with Gasteiger partial charge in [0.05, 0.1) is 25.2 Å². The number of fused-ring (bicyclic) bond motifs is 1. The van der Waals surface area contributed by atoms with Crippen molar-refractivity contribution >= 4 is 32.4 Å². The predicted molar refractivity (Wildman–Crippen MR) is 78.2 cm³/mol. The van der Waals surface area contributed by atoms with Gasteiger partial charge in [0, 0.05) is 6.54 Å². The smallest absolute Gasteiger partial charge is 0.300 e. The summed E-state index contributed by atoms with van der Waals surface area (Å²) in [4.78, 5) is 15.0. The van der Waals surface area contributed by atoms with Gasteiger partial charge in [-0.3, -0.25) is 10.1 Å². The fraction of sp³-hybridized carbons (Fsp3) is 0.417. The van der Waals surface area contributed by atoms with Gasteiger partial charge in [-0.2, -0.15) is 0 Å². The third-order valence-corrected chi connectivity index (χ3v) is 3.73. The highest BCUT2D eigenvalue weighted by Crippen LogP contribution is 2.44. The highest BCUT2D eigenvalue weighted by molar-refractivity contribution is 7.22. The Balaban J connectivity index is 2.66. The first-order chi connectivity index (χ1) is 9.62. The molecule has 2 aromatic rings. The van der Waals surface area contributed by atoms with Gasteiger partial charge in [-0.1, -0.05) is 18.3 Å². The van der Waals surface area contributed by atoms with Crippen LogP contribution in [-0.2, 0) is 0 Å². The third kappa shape index (κ3) is 2.46. The maximum atomic E-state index is 11.2. The zero-order valence-corrected chi connectivity index (χ0v) is 12.2. The first-order valence-corrected chi connectivity index (χ1v) is 6.87. The van der Waals surface area contributed by atoms with E-state index >= 15 is 0 Å². The monoisotopic (exact) mass is 297 g/mol. The summed E-state index contributed by atoms with van der Waals surface area (Å²) in [6.07, 6.45) is 0.943. The van der Waals surface area contributed by atoms with E-state index in [1.165, 1.54) is 31.6 Å². The Morgan fingerprint density at radius 1 is 1.45 bits per heavy atom. The van der Waals surface area contributed by atoms with Crippen molar-refractivity contribution in [3.63, 3.8) is 0 Å². The summed E-state index contributed by atoms with van der Waals surface area (Å²) in [5.41, 5.74) is 0.231. The summed E-state index contributed by atoms with van der Waals surface area (Å²) in [6.45, 7) is 2.79. The lowest BCUT2D eigenvalue weighted by atomic mass is 10.2. The average Bonchev–Trinajstić information content (AvgIpc) is 2.86. The van der Waals surface area contributed by atoms with E-state index in [9.17, 15) is 10.1 Å². The summed E-state index contributed by atoms with van der Waals surface area (Å²) < 4.78 is 11.1. The van der Waals surface area contributed by atoms with Crippen LogP contribution < -0.4 is 14.8 Å². The predicted octanol–water partition coefficient (Wildman–Crippen LogP) is 3.04. The number of nitro groups is 1. The maximum Gasteiger partial charge on any atom is 0.300 e. The Hall–Kier alpha value is -2.09. The van der Waals surface area contributed by atoms with Crippen LogP contribution >= 0.6 is 11.3 Å². The molecule has 0 spiro atoms. The molecule has 0 atom stereocenters. The van der Waals surface area contributed by atoms with Crippen LogP contribution in [0.5, 0.6) is 11.5 Å². The molecule has 1 heterocycles. The molecule has 0 saturated carbocycles. The van der Waals surface area contributed by atoms with Crippen LogP contribution in [0.15, 0.2) is 6.07 Å². The van der Waals surface area contributed by atoms with Gasteiger partial charge in [-0.25, -0.2) is 4.98 Å². The lowest BCUT2D eigenvalue weighted by Gasteiger charge is -2.07. The third-order valence-electron chi connectivity index (χ3n) is 2.71. The van der Waals surface area contributed by atoms with E-state index in [-0.39, 0.29) is 5.69 Å². The minimum absolute atomic E-state index is 0.0848. The maximum absolute atomic E-state index is 11.2. The van der Waals surface area contributed by atoms with Crippen molar-refractivity contribution in [2.45, 2.75) is 13.3 Å². The van der Waals surface area contributed by atoms with E-state index in [1.807, 2.05) is 6.92 Å². The molecule has 0 aliphatic rings. The molecule has 0 amide bonds. The van der Waals surface area contributed by atoms with Crippen molar-refractivity contribution in [3.8, 4) is 11.5 Å². The van der Waals surface area contributed by atoms with E-state index in [4.69, 9.17) is 9.47 Å². The van der Waals surface area contributed by atoms with Crippen LogP contribution in [0.2, 0.25) is 0 Å². The van der Waals surface area contributed by atoms with Gasteiger partial charge in [0.1, 0.15) is 4.70 Å². The number of rotatable bonds is 6. The molecule has 1 N–H and O–H groups in total. The Bertz CT molecular complexity index is 641. The van der Waals surface area contributed by atoms with E-state index < -0.39 is 4.92 Å². The Labute approximate surface area is 119 Å². The van der Waals surface area contributed by atoms with E-state index in [0.29, 0.717) is 26.8 Å². The minimum Gasteiger partial charge on any atom is -0.493 e. The van der Waals surface area contributed by atoms with Crippen LogP contribution in [0.4, 0.5) is 10.8 Å². The molecule has 20 heavy (non-hydrogen) atoms. The first-order valence-electron chi connectivity index (χ1n) is 6.06. The number of aromatic nitrogens is 1. The van der Waals surface area contributed by atoms with Gasteiger partial charge in [-0.05, 0) is 6.42 Å². The van der Waals surface area contributed by atoms with Crippen LogP contribution in [0.3, 0.4) is 0 Å². The highest BCUT2D eigenvalue weighted by Gasteiger charge is 2.24. The molecule has 0 aliphatic heterocycles. The molecule has 0 aliphatic carbocycles. The summed E-state index contributed by atoms with van der Waals surface area (Å²) in [6, 6.07) is 1.34. The zero-order chi connectivity index (χ0) is 14.7. The van der Waals surface area contributed by atoms with Crippen molar-refractivity contribution in [2.75, 3.05) is 26.1 Å². The Morgan fingerprint density at radius 2 is 2.20 bits per heavy atom. The summed E-state index contributed by atoms with van der Waals surface area (Å²) in [5, 5.41) is 14.9. The largest absolute Gasteiger partial charge is 0.493 e. The van der Waals surface area contributed by atoms with Gasteiger partial charge < -0.3 is 14.8 Å². The quantitative estimate of drug-likeness (QED) is 0.651.